The summed E-state index contributed by atoms with van der Waals surface area (Å²) in [5.74, 6) is -1.75. The number of rotatable bonds is 5. The molecule has 1 amide bonds. The Bertz CT molecular complexity index is 432. The number of carbonyl (C=O) groups is 2. The van der Waals surface area contributed by atoms with E-state index in [0.29, 0.717) is 6.61 Å². The van der Waals surface area contributed by atoms with Crippen molar-refractivity contribution >= 4 is 20.4 Å². The quantitative estimate of drug-likeness (QED) is 0.756. The second-order valence-corrected chi connectivity index (χ2v) is 12.7. The number of hydrogen-bond acceptors (Lipinski definition) is 3. The van der Waals surface area contributed by atoms with Gasteiger partial charge in [0.2, 0.25) is 0 Å². The van der Waals surface area contributed by atoms with Crippen LogP contribution in [0.3, 0.4) is 0 Å². The molecular formula is C15H29NO5Si. The highest BCUT2D eigenvalue weighted by Crippen LogP contribution is 2.38. The summed E-state index contributed by atoms with van der Waals surface area (Å²) in [5, 5.41) is 18.5. The Morgan fingerprint density at radius 1 is 1.27 bits per heavy atom. The molecule has 7 heteroatoms. The van der Waals surface area contributed by atoms with Crippen LogP contribution in [0.5, 0.6) is 0 Å². The van der Waals surface area contributed by atoms with E-state index in [1.54, 1.807) is 0 Å². The van der Waals surface area contributed by atoms with Gasteiger partial charge in [0.15, 0.2) is 8.32 Å². The second kappa shape index (κ2) is 6.58. The first-order chi connectivity index (χ1) is 9.86. The third-order valence-corrected chi connectivity index (χ3v) is 9.70. The van der Waals surface area contributed by atoms with Gasteiger partial charge in [-0.05, 0) is 30.0 Å². The van der Waals surface area contributed by atoms with Crippen molar-refractivity contribution in [2.45, 2.75) is 45.8 Å². The first-order valence-corrected chi connectivity index (χ1v) is 10.6. The molecule has 3 atom stereocenters. The largest absolute Gasteiger partial charge is 0.481 e. The molecule has 0 bridgehead atoms. The molecule has 0 saturated carbocycles. The number of hydrogen-bond donors (Lipinski definition) is 2. The molecule has 1 rings (SSSR count). The highest BCUT2D eigenvalue weighted by molar-refractivity contribution is 6.74. The van der Waals surface area contributed by atoms with E-state index in [2.05, 4.69) is 33.9 Å². The summed E-state index contributed by atoms with van der Waals surface area (Å²) in [6.07, 6.45) is -1.05. The molecule has 2 N–H and O–H groups in total. The number of carboxylic acids is 1. The zero-order valence-corrected chi connectivity index (χ0v) is 15.4. The maximum Gasteiger partial charge on any atom is 0.407 e. The fourth-order valence-corrected chi connectivity index (χ4v) is 3.62. The summed E-state index contributed by atoms with van der Waals surface area (Å²) in [7, 11) is -1.88. The summed E-state index contributed by atoms with van der Waals surface area (Å²) < 4.78 is 6.17. The fourth-order valence-electron chi connectivity index (χ4n) is 2.50. The van der Waals surface area contributed by atoms with E-state index in [9.17, 15) is 14.7 Å². The Balaban J connectivity index is 2.73. The van der Waals surface area contributed by atoms with Crippen LogP contribution in [0, 0.1) is 17.8 Å². The van der Waals surface area contributed by atoms with Crippen LogP contribution in [-0.2, 0) is 9.22 Å². The summed E-state index contributed by atoms with van der Waals surface area (Å²) in [5.41, 5.74) is 0. The van der Waals surface area contributed by atoms with Crippen LogP contribution in [0.4, 0.5) is 4.79 Å². The third kappa shape index (κ3) is 4.22. The van der Waals surface area contributed by atoms with Crippen LogP contribution in [-0.4, -0.2) is 55.2 Å². The van der Waals surface area contributed by atoms with E-state index in [4.69, 9.17) is 9.53 Å². The van der Waals surface area contributed by atoms with Crippen molar-refractivity contribution in [3.63, 3.8) is 0 Å². The van der Waals surface area contributed by atoms with Crippen LogP contribution in [0.15, 0.2) is 0 Å². The van der Waals surface area contributed by atoms with Crippen LogP contribution >= 0.6 is 0 Å². The Morgan fingerprint density at radius 3 is 2.23 bits per heavy atom. The monoisotopic (exact) mass is 331 g/mol. The lowest BCUT2D eigenvalue weighted by Crippen LogP contribution is -2.43. The van der Waals surface area contributed by atoms with Gasteiger partial charge < -0.3 is 19.5 Å². The third-order valence-electron chi connectivity index (χ3n) is 5.20. The van der Waals surface area contributed by atoms with E-state index >= 15 is 0 Å². The zero-order chi connectivity index (χ0) is 17.3. The smallest absolute Gasteiger partial charge is 0.407 e. The van der Waals surface area contributed by atoms with Crippen molar-refractivity contribution in [2.24, 2.45) is 17.8 Å². The first-order valence-electron chi connectivity index (χ1n) is 7.71. The van der Waals surface area contributed by atoms with Crippen molar-refractivity contribution in [1.29, 1.82) is 0 Å². The van der Waals surface area contributed by atoms with Gasteiger partial charge in [0.05, 0.1) is 5.92 Å². The van der Waals surface area contributed by atoms with Crippen LogP contribution in [0.1, 0.15) is 27.7 Å². The lowest BCUT2D eigenvalue weighted by Gasteiger charge is -2.37. The molecule has 0 aromatic heterocycles. The molecule has 0 aromatic rings. The lowest BCUT2D eigenvalue weighted by molar-refractivity contribution is -0.143. The van der Waals surface area contributed by atoms with Crippen LogP contribution in [0.2, 0.25) is 18.1 Å². The number of carboxylic acid groups (broad SMARTS) is 2. The minimum absolute atomic E-state index is 0.0135. The Kier molecular flexibility index (Phi) is 5.67. The molecule has 1 aliphatic heterocycles. The van der Waals surface area contributed by atoms with Gasteiger partial charge >= 0.3 is 12.1 Å². The van der Waals surface area contributed by atoms with Crippen LogP contribution < -0.4 is 0 Å². The Morgan fingerprint density at radius 2 is 1.82 bits per heavy atom. The van der Waals surface area contributed by atoms with Gasteiger partial charge in [-0.25, -0.2) is 4.79 Å². The first kappa shape index (κ1) is 19.0. The maximum absolute atomic E-state index is 11.4. The van der Waals surface area contributed by atoms with Gasteiger partial charge in [-0.1, -0.05) is 27.7 Å². The van der Waals surface area contributed by atoms with E-state index < -0.39 is 26.3 Å². The number of aliphatic carboxylic acids is 1. The number of amides is 1. The van der Waals surface area contributed by atoms with Crippen molar-refractivity contribution in [3.05, 3.63) is 0 Å². The number of likely N-dealkylation sites (tertiary alicyclic amines) is 1. The van der Waals surface area contributed by atoms with Crippen molar-refractivity contribution < 1.29 is 24.2 Å². The van der Waals surface area contributed by atoms with E-state index in [0.717, 1.165) is 0 Å². The zero-order valence-electron chi connectivity index (χ0n) is 14.4. The fraction of sp³-hybridized carbons (Fsp3) is 0.867. The summed E-state index contributed by atoms with van der Waals surface area (Å²) in [4.78, 5) is 23.7. The molecule has 1 fully saturated rings. The molecule has 0 radical (unpaired) electrons. The van der Waals surface area contributed by atoms with Gasteiger partial charge in [-0.2, -0.15) is 0 Å². The summed E-state index contributed by atoms with van der Waals surface area (Å²) in [6, 6.07) is 0. The molecule has 2 unspecified atom stereocenters. The van der Waals surface area contributed by atoms with Gasteiger partial charge in [-0.3, -0.25) is 4.79 Å². The highest BCUT2D eigenvalue weighted by Gasteiger charge is 2.43. The van der Waals surface area contributed by atoms with Crippen LogP contribution in [0.25, 0.3) is 0 Å². The van der Waals surface area contributed by atoms with Crippen molar-refractivity contribution in [2.75, 3.05) is 19.7 Å². The average Bonchev–Trinajstić information content (AvgIpc) is 2.79. The van der Waals surface area contributed by atoms with Gasteiger partial charge in [0.1, 0.15) is 0 Å². The van der Waals surface area contributed by atoms with E-state index in [1.165, 1.54) is 4.90 Å². The lowest BCUT2D eigenvalue weighted by atomic mass is 9.85. The van der Waals surface area contributed by atoms with Gasteiger partial charge in [0, 0.05) is 19.7 Å². The average molecular weight is 331 g/mol. The Hall–Kier alpha value is -1.08. The molecule has 1 aliphatic rings. The Labute approximate surface area is 133 Å². The van der Waals surface area contributed by atoms with Crippen molar-refractivity contribution in [1.82, 2.24) is 4.90 Å². The standard InChI is InChI=1S/C15H29NO5Si/c1-10(9-21-22(5,6)15(2,3)4)11-7-16(14(19)20)8-12(11)13(17)18/h10-12H,7-9H2,1-6H3,(H,17,18)(H,19,20)/t10?,11?,12-/m1/s1. The summed E-state index contributed by atoms with van der Waals surface area (Å²) >= 11 is 0. The predicted octanol–water partition coefficient (Wildman–Crippen LogP) is 2.95. The summed E-state index contributed by atoms with van der Waals surface area (Å²) in [6.45, 7) is 13.6. The minimum atomic E-state index is -1.88. The maximum atomic E-state index is 11.4. The highest BCUT2D eigenvalue weighted by atomic mass is 28.4. The molecule has 0 spiro atoms. The molecule has 1 heterocycles. The molecule has 6 nitrogen and oxygen atoms in total. The van der Waals surface area contributed by atoms with Gasteiger partial charge in [0.25, 0.3) is 0 Å². The molecule has 0 aromatic carbocycles. The number of nitrogens with zero attached hydrogens (tertiary/aromatic N) is 1. The molecule has 22 heavy (non-hydrogen) atoms. The topological polar surface area (TPSA) is 87.1 Å². The minimum Gasteiger partial charge on any atom is -0.481 e. The molecular weight excluding hydrogens is 302 g/mol. The molecule has 128 valence electrons. The predicted molar refractivity (Wildman–Crippen MR) is 86.5 cm³/mol. The van der Waals surface area contributed by atoms with Crippen molar-refractivity contribution in [3.8, 4) is 0 Å². The molecule has 0 aliphatic carbocycles. The molecule has 1 saturated heterocycles. The second-order valence-electron chi connectivity index (χ2n) is 7.84. The normalized spacial score (nSPS) is 24.4. The SMILES string of the molecule is CC(CO[Si](C)(C)C(C)(C)C)C1CN(C(=O)O)C[C@H]1C(=O)O. The van der Waals surface area contributed by atoms with E-state index in [1.807, 2.05) is 6.92 Å². The van der Waals surface area contributed by atoms with E-state index in [-0.39, 0.29) is 30.0 Å². The van der Waals surface area contributed by atoms with Gasteiger partial charge in [-0.15, -0.1) is 0 Å².